The van der Waals surface area contributed by atoms with Crippen molar-refractivity contribution in [2.75, 3.05) is 25.7 Å². The van der Waals surface area contributed by atoms with Gasteiger partial charge in [-0.1, -0.05) is 17.7 Å². The van der Waals surface area contributed by atoms with Crippen LogP contribution < -0.4 is 10.0 Å². The number of benzene rings is 2. The molecule has 0 radical (unpaired) electrons. The van der Waals surface area contributed by atoms with Crippen LogP contribution in [0.25, 0.3) is 0 Å². The summed E-state index contributed by atoms with van der Waals surface area (Å²) in [6, 6.07) is 10.8. The topological polar surface area (TPSA) is 136 Å². The van der Waals surface area contributed by atoms with E-state index >= 15 is 0 Å². The standard InChI is InChI=1S/C22H25N3O7S/c1-14-4-6-15(7-5-14)21(27)24(13-20(31-2)32-3)18-12-19(26)25(22(18)28)16-8-10-17(11-9-16)33(23,29)30/h4-11,18,20H,12-13H2,1-3H3,(H2,23,29,30). The van der Waals surface area contributed by atoms with Gasteiger partial charge in [0.2, 0.25) is 15.9 Å². The second-order valence-electron chi connectivity index (χ2n) is 7.55. The Morgan fingerprint density at radius 2 is 1.67 bits per heavy atom. The van der Waals surface area contributed by atoms with E-state index in [-0.39, 0.29) is 23.5 Å². The number of ether oxygens (including phenoxy) is 2. The Morgan fingerprint density at radius 3 is 2.18 bits per heavy atom. The van der Waals surface area contributed by atoms with Crippen LogP contribution in [0.1, 0.15) is 22.3 Å². The van der Waals surface area contributed by atoms with Crippen LogP contribution >= 0.6 is 0 Å². The summed E-state index contributed by atoms with van der Waals surface area (Å²) in [6.07, 6.45) is -1.06. The molecule has 1 unspecified atom stereocenters. The number of hydrogen-bond donors (Lipinski definition) is 1. The molecule has 2 aromatic carbocycles. The molecule has 33 heavy (non-hydrogen) atoms. The van der Waals surface area contributed by atoms with E-state index in [9.17, 15) is 22.8 Å². The molecule has 1 aliphatic heterocycles. The number of carbonyl (C=O) groups excluding carboxylic acids is 3. The van der Waals surface area contributed by atoms with Crippen LogP contribution in [0.4, 0.5) is 5.69 Å². The number of amides is 3. The Bertz CT molecular complexity index is 1140. The molecule has 2 N–H and O–H groups in total. The highest BCUT2D eigenvalue weighted by Crippen LogP contribution is 2.28. The molecule has 1 saturated heterocycles. The van der Waals surface area contributed by atoms with Crippen LogP contribution in [0.3, 0.4) is 0 Å². The smallest absolute Gasteiger partial charge is 0.257 e. The number of anilines is 1. The zero-order valence-corrected chi connectivity index (χ0v) is 19.2. The van der Waals surface area contributed by atoms with Gasteiger partial charge in [-0.2, -0.15) is 0 Å². The monoisotopic (exact) mass is 475 g/mol. The first-order chi connectivity index (χ1) is 15.6. The van der Waals surface area contributed by atoms with Gasteiger partial charge < -0.3 is 14.4 Å². The van der Waals surface area contributed by atoms with E-state index in [1.807, 2.05) is 6.92 Å². The third-order valence-corrected chi connectivity index (χ3v) is 6.28. The minimum absolute atomic E-state index is 0.0818. The first-order valence-electron chi connectivity index (χ1n) is 9.99. The molecule has 11 heteroatoms. The zero-order chi connectivity index (χ0) is 24.3. The minimum Gasteiger partial charge on any atom is -0.354 e. The number of primary sulfonamides is 1. The number of nitrogens with two attached hydrogens (primary N) is 1. The van der Waals surface area contributed by atoms with Gasteiger partial charge in [-0.25, -0.2) is 18.5 Å². The van der Waals surface area contributed by atoms with Gasteiger partial charge >= 0.3 is 0 Å². The summed E-state index contributed by atoms with van der Waals surface area (Å²) in [5.41, 5.74) is 1.49. The molecule has 10 nitrogen and oxygen atoms in total. The lowest BCUT2D eigenvalue weighted by Crippen LogP contribution is -2.49. The molecule has 0 bridgehead atoms. The van der Waals surface area contributed by atoms with Crippen molar-refractivity contribution in [2.45, 2.75) is 30.6 Å². The Kier molecular flexibility index (Phi) is 7.28. The fraction of sp³-hybridized carbons (Fsp3) is 0.318. The second kappa shape index (κ2) is 9.79. The van der Waals surface area contributed by atoms with Crippen LogP contribution in [0.15, 0.2) is 53.4 Å². The van der Waals surface area contributed by atoms with Crippen molar-refractivity contribution in [1.82, 2.24) is 4.90 Å². The van der Waals surface area contributed by atoms with Crippen molar-refractivity contribution in [3.8, 4) is 0 Å². The lowest BCUT2D eigenvalue weighted by molar-refractivity contribution is -0.128. The van der Waals surface area contributed by atoms with Gasteiger partial charge in [0.1, 0.15) is 6.04 Å². The number of rotatable bonds is 8. The van der Waals surface area contributed by atoms with Crippen LogP contribution in [-0.4, -0.2) is 64.1 Å². The van der Waals surface area contributed by atoms with E-state index in [2.05, 4.69) is 0 Å². The quantitative estimate of drug-likeness (QED) is 0.445. The van der Waals surface area contributed by atoms with Gasteiger partial charge in [0.15, 0.2) is 6.29 Å². The maximum Gasteiger partial charge on any atom is 0.257 e. The molecule has 0 spiro atoms. The highest BCUT2D eigenvalue weighted by Gasteiger charge is 2.45. The van der Waals surface area contributed by atoms with Crippen molar-refractivity contribution in [3.05, 3.63) is 59.7 Å². The Morgan fingerprint density at radius 1 is 1.09 bits per heavy atom. The van der Waals surface area contributed by atoms with E-state index in [1.54, 1.807) is 24.3 Å². The van der Waals surface area contributed by atoms with Crippen LogP contribution in [-0.2, 0) is 29.1 Å². The molecule has 176 valence electrons. The number of sulfonamides is 1. The van der Waals surface area contributed by atoms with E-state index in [1.165, 1.54) is 43.4 Å². The van der Waals surface area contributed by atoms with Crippen LogP contribution in [0.2, 0.25) is 0 Å². The SMILES string of the molecule is COC(CN(C(=O)c1ccc(C)cc1)C1CC(=O)N(c2ccc(S(N)(=O)=O)cc2)C1=O)OC. The van der Waals surface area contributed by atoms with Gasteiger partial charge in [0.25, 0.3) is 11.8 Å². The van der Waals surface area contributed by atoms with Gasteiger partial charge in [-0.3, -0.25) is 14.4 Å². The van der Waals surface area contributed by atoms with Crippen molar-refractivity contribution in [3.63, 3.8) is 0 Å². The molecule has 0 aromatic heterocycles. The van der Waals surface area contributed by atoms with Crippen molar-refractivity contribution in [2.24, 2.45) is 5.14 Å². The highest BCUT2D eigenvalue weighted by atomic mass is 32.2. The Labute approximate surface area is 191 Å². The lowest BCUT2D eigenvalue weighted by Gasteiger charge is -2.30. The summed E-state index contributed by atoms with van der Waals surface area (Å²) in [5.74, 6) is -1.59. The molecule has 0 aliphatic carbocycles. The largest absolute Gasteiger partial charge is 0.354 e. The first-order valence-corrected chi connectivity index (χ1v) is 11.5. The summed E-state index contributed by atoms with van der Waals surface area (Å²) >= 11 is 0. The Balaban J connectivity index is 1.93. The molecule has 0 saturated carbocycles. The van der Waals surface area contributed by atoms with Gasteiger partial charge in [-0.15, -0.1) is 0 Å². The van der Waals surface area contributed by atoms with Crippen LogP contribution in [0, 0.1) is 6.92 Å². The summed E-state index contributed by atoms with van der Waals surface area (Å²) < 4.78 is 33.4. The average Bonchev–Trinajstić information content (AvgIpc) is 3.08. The van der Waals surface area contributed by atoms with E-state index in [4.69, 9.17) is 14.6 Å². The second-order valence-corrected chi connectivity index (χ2v) is 9.11. The first kappa shape index (κ1) is 24.5. The zero-order valence-electron chi connectivity index (χ0n) is 18.4. The fourth-order valence-electron chi connectivity index (χ4n) is 3.54. The third kappa shape index (κ3) is 5.28. The maximum atomic E-state index is 13.3. The lowest BCUT2D eigenvalue weighted by atomic mass is 10.1. The third-order valence-electron chi connectivity index (χ3n) is 5.35. The molecule has 1 heterocycles. The number of hydrogen-bond acceptors (Lipinski definition) is 7. The predicted molar refractivity (Wildman–Crippen MR) is 119 cm³/mol. The van der Waals surface area contributed by atoms with E-state index < -0.39 is 40.1 Å². The molecule has 2 aromatic rings. The number of aryl methyl sites for hydroxylation is 1. The molecular formula is C22H25N3O7S. The van der Waals surface area contributed by atoms with E-state index in [0.717, 1.165) is 10.5 Å². The van der Waals surface area contributed by atoms with Gasteiger partial charge in [0, 0.05) is 19.8 Å². The molecule has 1 fully saturated rings. The minimum atomic E-state index is -3.93. The maximum absolute atomic E-state index is 13.3. The molecule has 1 aliphatic rings. The number of imide groups is 1. The van der Waals surface area contributed by atoms with Gasteiger partial charge in [-0.05, 0) is 43.3 Å². The number of nitrogens with zero attached hydrogens (tertiary/aromatic N) is 2. The number of methoxy groups -OCH3 is 2. The molecular weight excluding hydrogens is 450 g/mol. The number of carbonyl (C=O) groups is 3. The molecule has 1 atom stereocenters. The van der Waals surface area contributed by atoms with Crippen LogP contribution in [0.5, 0.6) is 0 Å². The van der Waals surface area contributed by atoms with Crippen molar-refractivity contribution in [1.29, 1.82) is 0 Å². The fourth-order valence-corrected chi connectivity index (χ4v) is 4.05. The normalized spacial score (nSPS) is 16.5. The summed E-state index contributed by atoms with van der Waals surface area (Å²) in [7, 11) is -1.11. The highest BCUT2D eigenvalue weighted by molar-refractivity contribution is 7.89. The predicted octanol–water partition coefficient (Wildman–Crippen LogP) is 1.04. The molecule has 3 rings (SSSR count). The molecule has 3 amide bonds. The van der Waals surface area contributed by atoms with Gasteiger partial charge in [0.05, 0.1) is 23.5 Å². The summed E-state index contributed by atoms with van der Waals surface area (Å²) in [6.45, 7) is 1.80. The summed E-state index contributed by atoms with van der Waals surface area (Å²) in [4.78, 5) is 41.4. The Hall–Kier alpha value is -3.12. The average molecular weight is 476 g/mol. The van der Waals surface area contributed by atoms with E-state index in [0.29, 0.717) is 5.56 Å². The van der Waals surface area contributed by atoms with Crippen molar-refractivity contribution >= 4 is 33.4 Å². The van der Waals surface area contributed by atoms with Crippen molar-refractivity contribution < 1.29 is 32.3 Å². The summed E-state index contributed by atoms with van der Waals surface area (Å²) in [5, 5.41) is 5.10.